The molecule has 1 rings (SSSR count). The van der Waals surface area contributed by atoms with Crippen LogP contribution < -0.4 is 10.6 Å². The lowest BCUT2D eigenvalue weighted by atomic mass is 10.1. The van der Waals surface area contributed by atoms with Crippen molar-refractivity contribution >= 4 is 17.6 Å². The predicted octanol–water partition coefficient (Wildman–Crippen LogP) is 3.36. The van der Waals surface area contributed by atoms with Crippen molar-refractivity contribution in [1.29, 1.82) is 0 Å². The van der Waals surface area contributed by atoms with Crippen molar-refractivity contribution in [3.05, 3.63) is 34.9 Å². The van der Waals surface area contributed by atoms with Crippen LogP contribution in [0.25, 0.3) is 0 Å². The summed E-state index contributed by atoms with van der Waals surface area (Å²) in [6.45, 7) is 6.74. The van der Waals surface area contributed by atoms with Crippen LogP contribution in [0, 0.1) is 5.92 Å². The molecule has 0 heterocycles. The Hall–Kier alpha value is -1.22. The van der Waals surface area contributed by atoms with E-state index in [-0.39, 0.29) is 12.1 Å². The van der Waals surface area contributed by atoms with E-state index in [0.29, 0.717) is 17.5 Å². The van der Waals surface area contributed by atoms with Gasteiger partial charge in [0.2, 0.25) is 0 Å². The average molecular weight is 255 g/mol. The molecule has 94 valence electrons. The zero-order valence-electron chi connectivity index (χ0n) is 10.5. The lowest BCUT2D eigenvalue weighted by Crippen LogP contribution is -2.38. The number of nitrogens with one attached hydrogen (secondary N) is 2. The van der Waals surface area contributed by atoms with Crippen LogP contribution in [0.5, 0.6) is 0 Å². The molecule has 0 aliphatic rings. The zero-order valence-corrected chi connectivity index (χ0v) is 11.2. The van der Waals surface area contributed by atoms with Crippen molar-refractivity contribution < 1.29 is 4.79 Å². The molecule has 1 aromatic rings. The van der Waals surface area contributed by atoms with Crippen molar-refractivity contribution in [2.24, 2.45) is 5.92 Å². The van der Waals surface area contributed by atoms with E-state index in [1.54, 1.807) is 0 Å². The van der Waals surface area contributed by atoms with Crippen LogP contribution in [-0.4, -0.2) is 12.6 Å². The molecular weight excluding hydrogens is 236 g/mol. The van der Waals surface area contributed by atoms with Crippen LogP contribution in [0.3, 0.4) is 0 Å². The maximum absolute atomic E-state index is 11.5. The molecule has 0 spiro atoms. The first-order valence-corrected chi connectivity index (χ1v) is 6.16. The molecule has 0 saturated heterocycles. The van der Waals surface area contributed by atoms with Crippen molar-refractivity contribution in [2.75, 3.05) is 6.54 Å². The summed E-state index contributed by atoms with van der Waals surface area (Å²) in [5.74, 6) is 0.451. The van der Waals surface area contributed by atoms with Gasteiger partial charge in [-0.1, -0.05) is 37.6 Å². The van der Waals surface area contributed by atoms with Crippen LogP contribution in [-0.2, 0) is 0 Å². The Bertz CT molecular complexity index is 362. The molecule has 0 unspecified atom stereocenters. The molecule has 2 N–H and O–H groups in total. The second-order valence-electron chi connectivity index (χ2n) is 4.52. The normalized spacial score (nSPS) is 12.3. The summed E-state index contributed by atoms with van der Waals surface area (Å²) in [4.78, 5) is 11.5. The number of amides is 2. The Labute approximate surface area is 108 Å². The molecule has 17 heavy (non-hydrogen) atoms. The first-order valence-electron chi connectivity index (χ1n) is 5.79. The van der Waals surface area contributed by atoms with Gasteiger partial charge in [0.15, 0.2) is 0 Å². The Kier molecular flexibility index (Phi) is 5.29. The van der Waals surface area contributed by atoms with E-state index in [0.717, 1.165) is 5.56 Å². The SMILES string of the molecule is CC(C)CNC(=O)N[C@H](C)c1ccc(Cl)cc1. The fourth-order valence-electron chi connectivity index (χ4n) is 1.38. The van der Waals surface area contributed by atoms with Gasteiger partial charge in [0, 0.05) is 11.6 Å². The van der Waals surface area contributed by atoms with E-state index in [1.807, 2.05) is 31.2 Å². The van der Waals surface area contributed by atoms with Crippen LogP contribution in [0.15, 0.2) is 24.3 Å². The molecule has 1 atom stereocenters. The summed E-state index contributed by atoms with van der Waals surface area (Å²) in [6, 6.07) is 7.30. The number of carbonyl (C=O) groups excluding carboxylic acids is 1. The summed E-state index contributed by atoms with van der Waals surface area (Å²) in [5, 5.41) is 6.40. The second kappa shape index (κ2) is 6.50. The predicted molar refractivity (Wildman–Crippen MR) is 71.2 cm³/mol. The van der Waals surface area contributed by atoms with Crippen molar-refractivity contribution in [3.8, 4) is 0 Å². The standard InChI is InChI=1S/C13H19ClN2O/c1-9(2)8-15-13(17)16-10(3)11-4-6-12(14)7-5-11/h4-7,9-10H,8H2,1-3H3,(H2,15,16,17)/t10-/m1/s1. The highest BCUT2D eigenvalue weighted by Gasteiger charge is 2.09. The molecule has 0 saturated carbocycles. The van der Waals surface area contributed by atoms with Crippen LogP contribution in [0.4, 0.5) is 4.79 Å². The molecule has 4 heteroatoms. The molecule has 0 aliphatic carbocycles. The summed E-state index contributed by atoms with van der Waals surface area (Å²) >= 11 is 5.81. The lowest BCUT2D eigenvalue weighted by Gasteiger charge is -2.15. The minimum absolute atomic E-state index is 0.0283. The highest BCUT2D eigenvalue weighted by Crippen LogP contribution is 2.15. The maximum Gasteiger partial charge on any atom is 0.315 e. The Morgan fingerprint density at radius 3 is 2.35 bits per heavy atom. The van der Waals surface area contributed by atoms with Gasteiger partial charge in [-0.05, 0) is 30.5 Å². The maximum atomic E-state index is 11.5. The molecule has 0 aliphatic heterocycles. The van der Waals surface area contributed by atoms with E-state index in [4.69, 9.17) is 11.6 Å². The van der Waals surface area contributed by atoms with Gasteiger partial charge in [-0.2, -0.15) is 0 Å². The summed E-state index contributed by atoms with van der Waals surface area (Å²) < 4.78 is 0. The third kappa shape index (κ3) is 5.09. The molecule has 0 aromatic heterocycles. The zero-order chi connectivity index (χ0) is 12.8. The summed E-state index contributed by atoms with van der Waals surface area (Å²) in [6.07, 6.45) is 0. The van der Waals surface area contributed by atoms with E-state index in [9.17, 15) is 4.79 Å². The Balaban J connectivity index is 2.46. The van der Waals surface area contributed by atoms with Gasteiger partial charge in [0.05, 0.1) is 6.04 Å². The molecule has 1 aromatic carbocycles. The third-order valence-corrected chi connectivity index (χ3v) is 2.64. The van der Waals surface area contributed by atoms with Crippen LogP contribution in [0.1, 0.15) is 32.4 Å². The van der Waals surface area contributed by atoms with E-state index >= 15 is 0 Å². The smallest absolute Gasteiger partial charge is 0.315 e. The van der Waals surface area contributed by atoms with E-state index in [2.05, 4.69) is 24.5 Å². The number of hydrogen-bond donors (Lipinski definition) is 2. The number of carbonyl (C=O) groups is 1. The highest BCUT2D eigenvalue weighted by molar-refractivity contribution is 6.30. The quantitative estimate of drug-likeness (QED) is 0.850. The molecule has 2 amide bonds. The third-order valence-electron chi connectivity index (χ3n) is 2.39. The van der Waals surface area contributed by atoms with Gasteiger partial charge in [0.25, 0.3) is 0 Å². The first kappa shape index (κ1) is 13.8. The number of benzene rings is 1. The Morgan fingerprint density at radius 1 is 1.24 bits per heavy atom. The number of urea groups is 1. The van der Waals surface area contributed by atoms with Gasteiger partial charge in [0.1, 0.15) is 0 Å². The summed E-state index contributed by atoms with van der Waals surface area (Å²) in [5.41, 5.74) is 1.04. The first-order chi connectivity index (χ1) is 7.99. The topological polar surface area (TPSA) is 41.1 Å². The van der Waals surface area contributed by atoms with Crippen LogP contribution >= 0.6 is 11.6 Å². The molecule has 3 nitrogen and oxygen atoms in total. The van der Waals surface area contributed by atoms with Gasteiger partial charge >= 0.3 is 6.03 Å². The fourth-order valence-corrected chi connectivity index (χ4v) is 1.51. The van der Waals surface area contributed by atoms with Crippen molar-refractivity contribution in [3.63, 3.8) is 0 Å². The number of rotatable bonds is 4. The molecule has 0 fully saturated rings. The minimum Gasteiger partial charge on any atom is -0.338 e. The molecular formula is C13H19ClN2O. The van der Waals surface area contributed by atoms with Gasteiger partial charge in [-0.3, -0.25) is 0 Å². The highest BCUT2D eigenvalue weighted by atomic mass is 35.5. The second-order valence-corrected chi connectivity index (χ2v) is 4.96. The van der Waals surface area contributed by atoms with Crippen LogP contribution in [0.2, 0.25) is 5.02 Å². The monoisotopic (exact) mass is 254 g/mol. The van der Waals surface area contributed by atoms with Crippen molar-refractivity contribution in [1.82, 2.24) is 10.6 Å². The van der Waals surface area contributed by atoms with Crippen molar-refractivity contribution in [2.45, 2.75) is 26.8 Å². The largest absolute Gasteiger partial charge is 0.338 e. The molecule has 0 bridgehead atoms. The lowest BCUT2D eigenvalue weighted by molar-refractivity contribution is 0.236. The molecule has 0 radical (unpaired) electrons. The minimum atomic E-state index is -0.138. The summed E-state index contributed by atoms with van der Waals surface area (Å²) in [7, 11) is 0. The average Bonchev–Trinajstić information content (AvgIpc) is 2.27. The fraction of sp³-hybridized carbons (Fsp3) is 0.462. The van der Waals surface area contributed by atoms with E-state index in [1.165, 1.54) is 0 Å². The number of halogens is 1. The Morgan fingerprint density at radius 2 is 1.82 bits per heavy atom. The van der Waals surface area contributed by atoms with Gasteiger partial charge < -0.3 is 10.6 Å². The van der Waals surface area contributed by atoms with E-state index < -0.39 is 0 Å². The van der Waals surface area contributed by atoms with Gasteiger partial charge in [-0.25, -0.2) is 4.79 Å². The van der Waals surface area contributed by atoms with Gasteiger partial charge in [-0.15, -0.1) is 0 Å². The number of hydrogen-bond acceptors (Lipinski definition) is 1.